The van der Waals surface area contributed by atoms with Crippen LogP contribution in [0.5, 0.6) is 0 Å². The second-order valence-electron chi connectivity index (χ2n) is 7.49. The highest BCUT2D eigenvalue weighted by Crippen LogP contribution is 2.41. The van der Waals surface area contributed by atoms with Gasteiger partial charge >= 0.3 is 5.97 Å². The minimum atomic E-state index is -0.857. The molecule has 3 rings (SSSR count). The number of carboxylic acid groups (broad SMARTS) is 1. The number of halogens is 1. The van der Waals surface area contributed by atoms with E-state index >= 15 is 0 Å². The number of carboxylic acids is 1. The molecule has 0 aliphatic heterocycles. The normalized spacial score (nSPS) is 25.0. The van der Waals surface area contributed by atoms with Crippen molar-refractivity contribution in [3.05, 3.63) is 57.8 Å². The summed E-state index contributed by atoms with van der Waals surface area (Å²) in [6, 6.07) is 14.1. The van der Waals surface area contributed by atoms with Crippen LogP contribution < -0.4 is 0 Å². The number of aliphatic hydroxyl groups excluding tert-OH is 1. The molecular weight excluding hydrogens is 380 g/mol. The van der Waals surface area contributed by atoms with Crippen LogP contribution >= 0.6 is 22.9 Å². The first-order chi connectivity index (χ1) is 13.0. The van der Waals surface area contributed by atoms with E-state index in [0.717, 1.165) is 43.4 Å². The Hall–Kier alpha value is -1.36. The van der Waals surface area contributed by atoms with Crippen LogP contribution in [0.1, 0.15) is 52.2 Å². The Bertz CT molecular complexity index is 730. The SMILES string of the molecule is O=C(O)c1ccc(CCCC2C(Cl)CC(O)C2CCCc2ccccc2)s1. The molecule has 0 saturated heterocycles. The van der Waals surface area contributed by atoms with Gasteiger partial charge in [0.05, 0.1) is 6.10 Å². The maximum Gasteiger partial charge on any atom is 0.345 e. The van der Waals surface area contributed by atoms with Crippen LogP contribution in [0.2, 0.25) is 0 Å². The van der Waals surface area contributed by atoms with Crippen molar-refractivity contribution in [2.24, 2.45) is 11.8 Å². The van der Waals surface area contributed by atoms with Crippen molar-refractivity contribution in [2.75, 3.05) is 0 Å². The quantitative estimate of drug-likeness (QED) is 0.548. The number of alkyl halides is 1. The summed E-state index contributed by atoms with van der Waals surface area (Å²) in [4.78, 5) is 12.5. The molecule has 4 atom stereocenters. The van der Waals surface area contributed by atoms with Crippen LogP contribution in [-0.2, 0) is 12.8 Å². The number of thiophene rings is 1. The molecule has 27 heavy (non-hydrogen) atoms. The molecule has 1 saturated carbocycles. The molecule has 2 aromatic rings. The van der Waals surface area contributed by atoms with E-state index in [0.29, 0.717) is 17.2 Å². The van der Waals surface area contributed by atoms with Gasteiger partial charge in [-0.3, -0.25) is 0 Å². The van der Waals surface area contributed by atoms with Crippen molar-refractivity contribution in [1.29, 1.82) is 0 Å². The molecule has 0 spiro atoms. The van der Waals surface area contributed by atoms with Crippen molar-refractivity contribution in [3.8, 4) is 0 Å². The molecule has 5 heteroatoms. The van der Waals surface area contributed by atoms with E-state index < -0.39 is 5.97 Å². The highest BCUT2D eigenvalue weighted by molar-refractivity contribution is 7.13. The summed E-state index contributed by atoms with van der Waals surface area (Å²) in [5.74, 6) is -0.241. The zero-order chi connectivity index (χ0) is 19.2. The van der Waals surface area contributed by atoms with E-state index in [1.165, 1.54) is 16.9 Å². The molecule has 1 aliphatic carbocycles. The predicted octanol–water partition coefficient (Wildman–Crippen LogP) is 5.40. The van der Waals surface area contributed by atoms with E-state index in [-0.39, 0.29) is 17.4 Å². The van der Waals surface area contributed by atoms with E-state index in [9.17, 15) is 9.90 Å². The largest absolute Gasteiger partial charge is 0.477 e. The summed E-state index contributed by atoms with van der Waals surface area (Å²) in [7, 11) is 0. The first-order valence-corrected chi connectivity index (χ1v) is 11.0. The Balaban J connectivity index is 1.48. The van der Waals surface area contributed by atoms with E-state index in [1.54, 1.807) is 6.07 Å². The standard InChI is InChI=1S/C22H27ClO3S/c23-19-14-20(24)18(11-4-8-15-6-2-1-3-7-15)17(19)10-5-9-16-12-13-21(27-16)22(25)26/h1-3,6-7,12-13,17-20,24H,4-5,8-11,14H2,(H,25,26). The van der Waals surface area contributed by atoms with Crippen molar-refractivity contribution < 1.29 is 15.0 Å². The molecule has 3 nitrogen and oxygen atoms in total. The number of benzene rings is 1. The topological polar surface area (TPSA) is 57.5 Å². The summed E-state index contributed by atoms with van der Waals surface area (Å²) >= 11 is 7.91. The lowest BCUT2D eigenvalue weighted by atomic mass is 9.85. The van der Waals surface area contributed by atoms with Crippen LogP contribution in [0.4, 0.5) is 0 Å². The van der Waals surface area contributed by atoms with Gasteiger partial charge in [0.15, 0.2) is 0 Å². The number of aromatic carboxylic acids is 1. The average molecular weight is 407 g/mol. The fourth-order valence-electron chi connectivity index (χ4n) is 4.26. The fourth-order valence-corrected chi connectivity index (χ4v) is 5.64. The molecule has 1 aromatic carbocycles. The molecule has 0 radical (unpaired) electrons. The summed E-state index contributed by atoms with van der Waals surface area (Å²) < 4.78 is 0. The van der Waals surface area contributed by atoms with Crippen LogP contribution in [0.15, 0.2) is 42.5 Å². The van der Waals surface area contributed by atoms with Crippen LogP contribution in [-0.4, -0.2) is 27.7 Å². The molecule has 0 amide bonds. The number of rotatable bonds is 9. The van der Waals surface area contributed by atoms with Crippen molar-refractivity contribution in [3.63, 3.8) is 0 Å². The maximum absolute atomic E-state index is 11.0. The van der Waals surface area contributed by atoms with Gasteiger partial charge in [-0.25, -0.2) is 4.79 Å². The molecule has 2 N–H and O–H groups in total. The highest BCUT2D eigenvalue weighted by Gasteiger charge is 2.40. The Morgan fingerprint density at radius 2 is 1.74 bits per heavy atom. The van der Waals surface area contributed by atoms with E-state index in [4.69, 9.17) is 16.7 Å². The summed E-state index contributed by atoms with van der Waals surface area (Å²) in [5.41, 5.74) is 1.34. The highest BCUT2D eigenvalue weighted by atomic mass is 35.5. The van der Waals surface area contributed by atoms with Crippen LogP contribution in [0.25, 0.3) is 0 Å². The van der Waals surface area contributed by atoms with Gasteiger partial charge in [0.2, 0.25) is 0 Å². The third-order valence-electron chi connectivity index (χ3n) is 5.65. The van der Waals surface area contributed by atoms with Gasteiger partial charge in [-0.05, 0) is 74.5 Å². The smallest absolute Gasteiger partial charge is 0.345 e. The summed E-state index contributed by atoms with van der Waals surface area (Å²) in [6.07, 6.45) is 6.35. The number of aliphatic hydroxyl groups is 1. The average Bonchev–Trinajstić information content (AvgIpc) is 3.22. The van der Waals surface area contributed by atoms with Gasteiger partial charge in [-0.15, -0.1) is 22.9 Å². The summed E-state index contributed by atoms with van der Waals surface area (Å²) in [5, 5.41) is 19.5. The van der Waals surface area contributed by atoms with Gasteiger partial charge in [0.1, 0.15) is 4.88 Å². The third-order valence-corrected chi connectivity index (χ3v) is 7.29. The number of hydrogen-bond donors (Lipinski definition) is 2. The molecule has 1 aromatic heterocycles. The van der Waals surface area contributed by atoms with Crippen molar-refractivity contribution >= 4 is 28.9 Å². The Labute approximate surface area is 170 Å². The molecule has 146 valence electrons. The predicted molar refractivity (Wildman–Crippen MR) is 111 cm³/mol. The Morgan fingerprint density at radius 1 is 1.04 bits per heavy atom. The molecule has 1 heterocycles. The maximum atomic E-state index is 11.0. The van der Waals surface area contributed by atoms with E-state index in [2.05, 4.69) is 24.3 Å². The van der Waals surface area contributed by atoms with E-state index in [1.807, 2.05) is 12.1 Å². The van der Waals surface area contributed by atoms with Crippen LogP contribution in [0, 0.1) is 11.8 Å². The van der Waals surface area contributed by atoms with Gasteiger partial charge in [-0.2, -0.15) is 0 Å². The molecule has 1 fully saturated rings. The second kappa shape index (κ2) is 9.72. The minimum Gasteiger partial charge on any atom is -0.477 e. The lowest BCUT2D eigenvalue weighted by molar-refractivity contribution is 0.0702. The Kier molecular flexibility index (Phi) is 7.33. The fraction of sp³-hybridized carbons (Fsp3) is 0.500. The number of aryl methyl sites for hydroxylation is 2. The number of carbonyl (C=O) groups is 1. The third kappa shape index (κ3) is 5.56. The first kappa shape index (κ1) is 20.4. The zero-order valence-electron chi connectivity index (χ0n) is 15.4. The number of hydrogen-bond acceptors (Lipinski definition) is 3. The summed E-state index contributed by atoms with van der Waals surface area (Å²) in [6.45, 7) is 0. The first-order valence-electron chi connectivity index (χ1n) is 9.72. The van der Waals surface area contributed by atoms with Gasteiger partial charge < -0.3 is 10.2 Å². The monoisotopic (exact) mass is 406 g/mol. The molecule has 1 aliphatic rings. The lowest BCUT2D eigenvalue weighted by Crippen LogP contribution is -2.21. The Morgan fingerprint density at radius 3 is 2.44 bits per heavy atom. The van der Waals surface area contributed by atoms with Crippen molar-refractivity contribution in [1.82, 2.24) is 0 Å². The van der Waals surface area contributed by atoms with Crippen LogP contribution in [0.3, 0.4) is 0 Å². The minimum absolute atomic E-state index is 0.0413. The second-order valence-corrected chi connectivity index (χ2v) is 9.22. The molecule has 0 bridgehead atoms. The zero-order valence-corrected chi connectivity index (χ0v) is 17.0. The van der Waals surface area contributed by atoms with Gasteiger partial charge in [0, 0.05) is 10.3 Å². The molecular formula is C22H27ClO3S. The van der Waals surface area contributed by atoms with Gasteiger partial charge in [0.25, 0.3) is 0 Å². The lowest BCUT2D eigenvalue weighted by Gasteiger charge is -2.23. The molecule has 4 unspecified atom stereocenters. The van der Waals surface area contributed by atoms with Gasteiger partial charge in [-0.1, -0.05) is 30.3 Å². The van der Waals surface area contributed by atoms with Crippen molar-refractivity contribution in [2.45, 2.75) is 56.4 Å².